The number of hydrogen-bond donors (Lipinski definition) is 2. The molecule has 4 aromatic rings. The van der Waals surface area contributed by atoms with Gasteiger partial charge in [-0.05, 0) is 68.5 Å². The molecular formula is C30H35N3O4. The molecule has 1 fully saturated rings. The Morgan fingerprint density at radius 3 is 2.73 bits per heavy atom. The van der Waals surface area contributed by atoms with E-state index >= 15 is 0 Å². The Hall–Kier alpha value is -3.26. The van der Waals surface area contributed by atoms with Crippen molar-refractivity contribution in [3.8, 4) is 11.6 Å². The summed E-state index contributed by atoms with van der Waals surface area (Å²) in [5.74, 6) is 1.44. The van der Waals surface area contributed by atoms with Crippen LogP contribution in [0.5, 0.6) is 11.6 Å². The highest BCUT2D eigenvalue weighted by Crippen LogP contribution is 2.30. The molecule has 2 heterocycles. The fourth-order valence-electron chi connectivity index (χ4n) is 4.51. The molecule has 5 rings (SSSR count). The van der Waals surface area contributed by atoms with Crippen molar-refractivity contribution in [2.24, 2.45) is 0 Å². The summed E-state index contributed by atoms with van der Waals surface area (Å²) < 4.78 is 17.7. The van der Waals surface area contributed by atoms with E-state index in [1.165, 1.54) is 6.42 Å². The minimum atomic E-state index is 0.00129. The van der Waals surface area contributed by atoms with Crippen molar-refractivity contribution in [3.05, 3.63) is 72.1 Å². The molecule has 2 aromatic heterocycles. The Kier molecular flexibility index (Phi) is 8.79. The van der Waals surface area contributed by atoms with Crippen molar-refractivity contribution < 1.29 is 19.3 Å². The average Bonchev–Trinajstić information content (AvgIpc) is 2.92. The molecule has 0 amide bonds. The zero-order valence-electron chi connectivity index (χ0n) is 21.2. The number of nitrogens with zero attached hydrogens (tertiary/aromatic N) is 2. The summed E-state index contributed by atoms with van der Waals surface area (Å²) in [6.45, 7) is 3.36. The molecule has 2 N–H and O–H groups in total. The first-order valence-electron chi connectivity index (χ1n) is 13.2. The average molecular weight is 502 g/mol. The smallest absolute Gasteiger partial charge is 0.222 e. The number of para-hydroxylation sites is 1. The number of aliphatic hydroxyl groups is 1. The van der Waals surface area contributed by atoms with Crippen LogP contribution in [0.15, 0.2) is 60.9 Å². The summed E-state index contributed by atoms with van der Waals surface area (Å²) in [5, 5.41) is 16.3. The first kappa shape index (κ1) is 25.4. The summed E-state index contributed by atoms with van der Waals surface area (Å²) in [7, 11) is 0. The predicted molar refractivity (Wildman–Crippen MR) is 145 cm³/mol. The van der Waals surface area contributed by atoms with Gasteiger partial charge in [0.25, 0.3) is 0 Å². The van der Waals surface area contributed by atoms with E-state index in [1.54, 1.807) is 6.20 Å². The van der Waals surface area contributed by atoms with E-state index < -0.39 is 0 Å². The first-order chi connectivity index (χ1) is 18.3. The van der Waals surface area contributed by atoms with E-state index in [2.05, 4.69) is 22.4 Å². The molecule has 0 aliphatic heterocycles. The normalized spacial score (nSPS) is 13.6. The van der Waals surface area contributed by atoms with Gasteiger partial charge in [0.05, 0.1) is 24.8 Å². The Balaban J connectivity index is 0.976. The standard InChI is InChI=1S/C30H35N3O4/c34-21-23-18-22(10-11-29(23)37-24-6-5-7-24)19-31-13-3-4-15-35-16-17-36-30-26-12-14-32-20-27(26)25-8-1-2-9-28(25)33-30/h1-2,8-12,14,18,20,24,31,34H,3-7,13,15-17,19,21H2. The quantitative estimate of drug-likeness (QED) is 0.182. The second kappa shape index (κ2) is 12.8. The topological polar surface area (TPSA) is 85.7 Å². The van der Waals surface area contributed by atoms with Crippen molar-refractivity contribution in [1.29, 1.82) is 0 Å². The molecule has 0 bridgehead atoms. The third-order valence-corrected chi connectivity index (χ3v) is 6.80. The van der Waals surface area contributed by atoms with Crippen LogP contribution >= 0.6 is 0 Å². The number of aromatic nitrogens is 2. The number of benzene rings is 2. The summed E-state index contributed by atoms with van der Waals surface area (Å²) in [6.07, 6.45) is 9.41. The number of rotatable bonds is 14. The number of hydrogen-bond acceptors (Lipinski definition) is 7. The second-order valence-electron chi connectivity index (χ2n) is 9.47. The molecule has 1 aliphatic rings. The van der Waals surface area contributed by atoms with Gasteiger partial charge in [0.15, 0.2) is 0 Å². The lowest BCUT2D eigenvalue weighted by Gasteiger charge is -2.27. The van der Waals surface area contributed by atoms with Gasteiger partial charge in [-0.25, -0.2) is 4.98 Å². The van der Waals surface area contributed by atoms with Gasteiger partial charge in [-0.2, -0.15) is 0 Å². The van der Waals surface area contributed by atoms with E-state index in [9.17, 15) is 5.11 Å². The van der Waals surface area contributed by atoms with Crippen LogP contribution in [0.2, 0.25) is 0 Å². The lowest BCUT2D eigenvalue weighted by molar-refractivity contribution is 0.0966. The molecule has 1 saturated carbocycles. The minimum absolute atomic E-state index is 0.00129. The molecule has 0 unspecified atom stereocenters. The molecule has 194 valence electrons. The molecule has 1 aliphatic carbocycles. The summed E-state index contributed by atoms with van der Waals surface area (Å²) >= 11 is 0. The maximum atomic E-state index is 9.70. The highest BCUT2D eigenvalue weighted by atomic mass is 16.5. The van der Waals surface area contributed by atoms with Crippen LogP contribution in [0.4, 0.5) is 0 Å². The number of ether oxygens (including phenoxy) is 3. The van der Waals surface area contributed by atoms with E-state index in [1.807, 2.05) is 42.6 Å². The van der Waals surface area contributed by atoms with Crippen LogP contribution in [-0.4, -0.2) is 47.5 Å². The monoisotopic (exact) mass is 501 g/mol. The van der Waals surface area contributed by atoms with Gasteiger partial charge in [-0.3, -0.25) is 4.98 Å². The molecule has 0 saturated heterocycles. The van der Waals surface area contributed by atoms with Crippen LogP contribution < -0.4 is 14.8 Å². The van der Waals surface area contributed by atoms with E-state index in [-0.39, 0.29) is 6.61 Å². The summed E-state index contributed by atoms with van der Waals surface area (Å²) in [5.41, 5.74) is 2.92. The van der Waals surface area contributed by atoms with Crippen LogP contribution in [0.3, 0.4) is 0 Å². The van der Waals surface area contributed by atoms with Crippen LogP contribution in [0, 0.1) is 0 Å². The fourth-order valence-corrected chi connectivity index (χ4v) is 4.51. The summed E-state index contributed by atoms with van der Waals surface area (Å²) in [4.78, 5) is 8.97. The molecule has 7 nitrogen and oxygen atoms in total. The van der Waals surface area contributed by atoms with Crippen molar-refractivity contribution in [1.82, 2.24) is 15.3 Å². The predicted octanol–water partition coefficient (Wildman–Crippen LogP) is 5.17. The number of aliphatic hydroxyl groups excluding tert-OH is 1. The number of nitrogens with one attached hydrogen (secondary N) is 1. The van der Waals surface area contributed by atoms with Gasteiger partial charge in [0, 0.05) is 47.3 Å². The minimum Gasteiger partial charge on any atom is -0.490 e. The van der Waals surface area contributed by atoms with Gasteiger partial charge in [0.1, 0.15) is 12.4 Å². The Morgan fingerprint density at radius 2 is 1.86 bits per heavy atom. The first-order valence-corrected chi connectivity index (χ1v) is 13.2. The van der Waals surface area contributed by atoms with Crippen LogP contribution in [0.1, 0.15) is 43.2 Å². The van der Waals surface area contributed by atoms with Crippen LogP contribution in [-0.2, 0) is 17.9 Å². The second-order valence-corrected chi connectivity index (χ2v) is 9.47. The van der Waals surface area contributed by atoms with E-state index in [4.69, 9.17) is 19.2 Å². The Labute approximate surface area is 217 Å². The van der Waals surface area contributed by atoms with Crippen molar-refractivity contribution in [2.45, 2.75) is 51.4 Å². The highest BCUT2D eigenvalue weighted by Gasteiger charge is 2.20. The molecule has 0 atom stereocenters. The van der Waals surface area contributed by atoms with Gasteiger partial charge < -0.3 is 24.6 Å². The lowest BCUT2D eigenvalue weighted by Crippen LogP contribution is -2.25. The third-order valence-electron chi connectivity index (χ3n) is 6.80. The molecular weight excluding hydrogens is 466 g/mol. The third kappa shape index (κ3) is 6.55. The van der Waals surface area contributed by atoms with E-state index in [0.717, 1.165) is 77.3 Å². The lowest BCUT2D eigenvalue weighted by atomic mass is 9.96. The molecule has 7 heteroatoms. The summed E-state index contributed by atoms with van der Waals surface area (Å²) in [6, 6.07) is 16.1. The molecule has 0 spiro atoms. The maximum absolute atomic E-state index is 9.70. The van der Waals surface area contributed by atoms with Crippen LogP contribution in [0.25, 0.3) is 21.7 Å². The van der Waals surface area contributed by atoms with Crippen molar-refractivity contribution in [3.63, 3.8) is 0 Å². The number of fused-ring (bicyclic) bond motifs is 3. The number of unbranched alkanes of at least 4 members (excludes halogenated alkanes) is 1. The number of pyridine rings is 2. The molecule has 0 radical (unpaired) electrons. The Bertz CT molecular complexity index is 1310. The SMILES string of the molecule is OCc1cc(CNCCCCOCCOc2nc3ccccc3c3cnccc23)ccc1OC1CCC1. The van der Waals surface area contributed by atoms with Gasteiger partial charge in [0.2, 0.25) is 5.88 Å². The maximum Gasteiger partial charge on any atom is 0.222 e. The molecule has 2 aromatic carbocycles. The fraction of sp³-hybridized carbons (Fsp3) is 0.400. The Morgan fingerprint density at radius 1 is 0.946 bits per heavy atom. The largest absolute Gasteiger partial charge is 0.490 e. The zero-order valence-corrected chi connectivity index (χ0v) is 21.2. The van der Waals surface area contributed by atoms with Crippen molar-refractivity contribution in [2.75, 3.05) is 26.4 Å². The van der Waals surface area contributed by atoms with Gasteiger partial charge in [-0.1, -0.05) is 24.3 Å². The zero-order chi connectivity index (χ0) is 25.3. The van der Waals surface area contributed by atoms with E-state index in [0.29, 0.717) is 31.8 Å². The highest BCUT2D eigenvalue weighted by molar-refractivity contribution is 6.07. The molecule has 37 heavy (non-hydrogen) atoms. The van der Waals surface area contributed by atoms with Gasteiger partial charge in [-0.15, -0.1) is 0 Å². The van der Waals surface area contributed by atoms with Gasteiger partial charge >= 0.3 is 0 Å². The van der Waals surface area contributed by atoms with Crippen molar-refractivity contribution >= 4 is 21.7 Å².